The number of nitrogens with one attached hydrogen (secondary N) is 1. The number of phenolic OH excluding ortho intramolecular Hbond substituents is 2. The molecular formula is C14H13NO4. The maximum atomic E-state index is 11.9. The van der Waals surface area contributed by atoms with E-state index in [1.165, 1.54) is 12.1 Å². The summed E-state index contributed by atoms with van der Waals surface area (Å²) >= 11 is 0. The number of benzene rings is 2. The van der Waals surface area contributed by atoms with E-state index in [1.807, 2.05) is 0 Å². The van der Waals surface area contributed by atoms with E-state index in [2.05, 4.69) is 5.32 Å². The topological polar surface area (TPSA) is 89.8 Å². The fourth-order valence-electron chi connectivity index (χ4n) is 1.60. The quantitative estimate of drug-likeness (QED) is 0.677. The number of anilines is 1. The predicted molar refractivity (Wildman–Crippen MR) is 70.1 cm³/mol. The number of carbonyl (C=O) groups excluding carboxylic acids is 1. The van der Waals surface area contributed by atoms with Gasteiger partial charge < -0.3 is 20.6 Å². The molecule has 0 aliphatic carbocycles. The zero-order chi connectivity index (χ0) is 13.8. The second-order valence-electron chi connectivity index (χ2n) is 4.01. The average Bonchev–Trinajstić information content (AvgIpc) is 2.39. The highest BCUT2D eigenvalue weighted by molar-refractivity contribution is 6.06. The Labute approximate surface area is 109 Å². The number of phenols is 2. The molecule has 2 aromatic rings. The van der Waals surface area contributed by atoms with Crippen LogP contribution in [0.1, 0.15) is 15.9 Å². The van der Waals surface area contributed by atoms with Gasteiger partial charge in [-0.3, -0.25) is 4.79 Å². The molecule has 0 saturated heterocycles. The molecule has 0 radical (unpaired) electrons. The van der Waals surface area contributed by atoms with Gasteiger partial charge in [-0.15, -0.1) is 0 Å². The lowest BCUT2D eigenvalue weighted by Crippen LogP contribution is -2.11. The Morgan fingerprint density at radius 2 is 1.74 bits per heavy atom. The molecule has 0 fully saturated rings. The number of amides is 1. The van der Waals surface area contributed by atoms with Gasteiger partial charge in [0.05, 0.1) is 12.2 Å². The summed E-state index contributed by atoms with van der Waals surface area (Å²) in [5.74, 6) is -0.875. The molecule has 0 bridgehead atoms. The number of rotatable bonds is 3. The van der Waals surface area contributed by atoms with Crippen LogP contribution in [-0.4, -0.2) is 21.2 Å². The van der Waals surface area contributed by atoms with E-state index < -0.39 is 5.91 Å². The second-order valence-corrected chi connectivity index (χ2v) is 4.01. The molecule has 0 saturated carbocycles. The lowest BCUT2D eigenvalue weighted by molar-refractivity contribution is 0.102. The number of aliphatic hydroxyl groups excluding tert-OH is 1. The Morgan fingerprint density at radius 3 is 2.32 bits per heavy atom. The smallest absolute Gasteiger partial charge is 0.259 e. The number of aromatic hydroxyl groups is 2. The van der Waals surface area contributed by atoms with Crippen LogP contribution in [0.15, 0.2) is 42.5 Å². The van der Waals surface area contributed by atoms with Crippen molar-refractivity contribution in [3.05, 3.63) is 53.6 Å². The minimum absolute atomic E-state index is 0.0625. The Bertz CT molecular complexity index is 593. The maximum Gasteiger partial charge on any atom is 0.259 e. The first-order valence-corrected chi connectivity index (χ1v) is 5.63. The molecule has 0 unspecified atom stereocenters. The van der Waals surface area contributed by atoms with Gasteiger partial charge >= 0.3 is 0 Å². The first kappa shape index (κ1) is 12.9. The Balaban J connectivity index is 2.15. The summed E-state index contributed by atoms with van der Waals surface area (Å²) in [5.41, 5.74) is 1.36. The van der Waals surface area contributed by atoms with Crippen molar-refractivity contribution in [1.29, 1.82) is 0 Å². The van der Waals surface area contributed by atoms with E-state index in [9.17, 15) is 9.90 Å². The number of hydrogen-bond donors (Lipinski definition) is 4. The summed E-state index contributed by atoms with van der Waals surface area (Å²) in [7, 11) is 0. The van der Waals surface area contributed by atoms with Crippen LogP contribution < -0.4 is 5.32 Å². The summed E-state index contributed by atoms with van der Waals surface area (Å²) in [6.07, 6.45) is 0. The van der Waals surface area contributed by atoms with Crippen molar-refractivity contribution >= 4 is 11.6 Å². The van der Waals surface area contributed by atoms with E-state index in [4.69, 9.17) is 10.2 Å². The number of carbonyl (C=O) groups is 1. The molecule has 2 aromatic carbocycles. The molecule has 0 atom stereocenters. The average molecular weight is 259 g/mol. The normalized spacial score (nSPS) is 10.2. The minimum atomic E-state index is -0.478. The van der Waals surface area contributed by atoms with Gasteiger partial charge in [0.1, 0.15) is 11.5 Å². The number of hydrogen-bond acceptors (Lipinski definition) is 4. The third kappa shape index (κ3) is 3.02. The Kier molecular flexibility index (Phi) is 3.68. The molecule has 2 rings (SSSR count). The largest absolute Gasteiger partial charge is 0.508 e. The zero-order valence-electron chi connectivity index (χ0n) is 10.00. The van der Waals surface area contributed by atoms with Crippen molar-refractivity contribution in [3.63, 3.8) is 0 Å². The standard InChI is InChI=1S/C14H13NO4/c16-8-9-1-3-10(4-2-9)15-14(19)12-6-5-11(17)7-13(12)18/h1-7,16-18H,8H2,(H,15,19). The van der Waals surface area contributed by atoms with E-state index in [1.54, 1.807) is 24.3 Å². The monoisotopic (exact) mass is 259 g/mol. The molecule has 0 aliphatic rings. The first-order chi connectivity index (χ1) is 9.10. The van der Waals surface area contributed by atoms with Crippen LogP contribution in [0.2, 0.25) is 0 Å². The molecule has 0 heterocycles. The summed E-state index contributed by atoms with van der Waals surface area (Å²) in [6, 6.07) is 10.4. The fourth-order valence-corrected chi connectivity index (χ4v) is 1.60. The highest BCUT2D eigenvalue weighted by Gasteiger charge is 2.11. The predicted octanol–water partition coefficient (Wildman–Crippen LogP) is 1.84. The van der Waals surface area contributed by atoms with Crippen LogP contribution in [0.5, 0.6) is 11.5 Å². The van der Waals surface area contributed by atoms with Gasteiger partial charge in [-0.25, -0.2) is 0 Å². The second kappa shape index (κ2) is 5.41. The summed E-state index contributed by atoms with van der Waals surface area (Å²) in [5, 5.41) is 30.2. The lowest BCUT2D eigenvalue weighted by atomic mass is 10.1. The van der Waals surface area contributed by atoms with Crippen molar-refractivity contribution < 1.29 is 20.1 Å². The van der Waals surface area contributed by atoms with Gasteiger partial charge in [0.25, 0.3) is 5.91 Å². The van der Waals surface area contributed by atoms with Crippen LogP contribution in [0.4, 0.5) is 5.69 Å². The molecule has 1 amide bonds. The summed E-state index contributed by atoms with van der Waals surface area (Å²) in [6.45, 7) is -0.0625. The Morgan fingerprint density at radius 1 is 1.05 bits per heavy atom. The van der Waals surface area contributed by atoms with Crippen molar-refractivity contribution in [2.45, 2.75) is 6.61 Å². The van der Waals surface area contributed by atoms with Crippen LogP contribution >= 0.6 is 0 Å². The van der Waals surface area contributed by atoms with E-state index in [0.717, 1.165) is 11.6 Å². The van der Waals surface area contributed by atoms with Gasteiger partial charge in [0.2, 0.25) is 0 Å². The van der Waals surface area contributed by atoms with Gasteiger partial charge in [-0.2, -0.15) is 0 Å². The van der Waals surface area contributed by atoms with Gasteiger partial charge in [0, 0.05) is 11.8 Å². The van der Waals surface area contributed by atoms with Crippen LogP contribution in [0.3, 0.4) is 0 Å². The zero-order valence-corrected chi connectivity index (χ0v) is 10.00. The van der Waals surface area contributed by atoms with Crippen LogP contribution in [0.25, 0.3) is 0 Å². The van der Waals surface area contributed by atoms with Gasteiger partial charge in [-0.05, 0) is 29.8 Å². The Hall–Kier alpha value is -2.53. The molecule has 98 valence electrons. The highest BCUT2D eigenvalue weighted by atomic mass is 16.3. The molecule has 4 N–H and O–H groups in total. The van der Waals surface area contributed by atoms with E-state index in [0.29, 0.717) is 5.69 Å². The van der Waals surface area contributed by atoms with Gasteiger partial charge in [0.15, 0.2) is 0 Å². The molecular weight excluding hydrogens is 246 g/mol. The molecule has 0 aromatic heterocycles. The van der Waals surface area contributed by atoms with Gasteiger partial charge in [-0.1, -0.05) is 12.1 Å². The van der Waals surface area contributed by atoms with Crippen LogP contribution in [0, 0.1) is 0 Å². The molecule has 5 nitrogen and oxygen atoms in total. The third-order valence-corrected chi connectivity index (χ3v) is 2.62. The summed E-state index contributed by atoms with van der Waals surface area (Å²) < 4.78 is 0. The van der Waals surface area contributed by atoms with E-state index in [-0.39, 0.29) is 23.7 Å². The highest BCUT2D eigenvalue weighted by Crippen LogP contribution is 2.23. The molecule has 0 aliphatic heterocycles. The van der Waals surface area contributed by atoms with E-state index >= 15 is 0 Å². The third-order valence-electron chi connectivity index (χ3n) is 2.62. The maximum absolute atomic E-state index is 11.9. The van der Waals surface area contributed by atoms with Crippen molar-refractivity contribution in [3.8, 4) is 11.5 Å². The number of aliphatic hydroxyl groups is 1. The molecule has 0 spiro atoms. The summed E-state index contributed by atoms with van der Waals surface area (Å²) in [4.78, 5) is 11.9. The van der Waals surface area contributed by atoms with Crippen molar-refractivity contribution in [2.75, 3.05) is 5.32 Å². The minimum Gasteiger partial charge on any atom is -0.508 e. The molecule has 19 heavy (non-hydrogen) atoms. The lowest BCUT2D eigenvalue weighted by Gasteiger charge is -2.07. The first-order valence-electron chi connectivity index (χ1n) is 5.63. The SMILES string of the molecule is O=C(Nc1ccc(CO)cc1)c1ccc(O)cc1O. The molecule has 5 heteroatoms. The fraction of sp³-hybridized carbons (Fsp3) is 0.0714. The van der Waals surface area contributed by atoms with Crippen LogP contribution in [-0.2, 0) is 6.61 Å². The van der Waals surface area contributed by atoms with Crippen molar-refractivity contribution in [1.82, 2.24) is 0 Å². The van der Waals surface area contributed by atoms with Crippen molar-refractivity contribution in [2.24, 2.45) is 0 Å².